The first-order valence-electron chi connectivity index (χ1n) is 11.6. The fraction of sp³-hybridized carbons (Fsp3) is 0.346. The predicted molar refractivity (Wildman–Crippen MR) is 130 cm³/mol. The molecular formula is C26H22N2O4S2. The van der Waals surface area contributed by atoms with E-state index in [1.54, 1.807) is 23.9 Å². The van der Waals surface area contributed by atoms with E-state index < -0.39 is 0 Å². The van der Waals surface area contributed by atoms with Gasteiger partial charge in [-0.3, -0.25) is 19.3 Å². The summed E-state index contributed by atoms with van der Waals surface area (Å²) in [5.41, 5.74) is 2.78. The van der Waals surface area contributed by atoms with Gasteiger partial charge in [0.05, 0.1) is 22.5 Å². The van der Waals surface area contributed by atoms with E-state index in [2.05, 4.69) is 4.98 Å². The van der Waals surface area contributed by atoms with E-state index in [0.717, 1.165) is 27.5 Å². The summed E-state index contributed by atoms with van der Waals surface area (Å²) in [6.07, 6.45) is 0.866. The van der Waals surface area contributed by atoms with Crippen molar-refractivity contribution >= 4 is 40.6 Å². The van der Waals surface area contributed by atoms with Crippen molar-refractivity contribution in [2.45, 2.75) is 29.5 Å². The maximum absolute atomic E-state index is 13.7. The predicted octanol–water partition coefficient (Wildman–Crippen LogP) is 4.13. The summed E-state index contributed by atoms with van der Waals surface area (Å²) in [7, 11) is 0. The summed E-state index contributed by atoms with van der Waals surface area (Å²) in [6, 6.07) is 14.8. The molecule has 2 aliphatic carbocycles. The summed E-state index contributed by atoms with van der Waals surface area (Å²) in [4.78, 5) is 45.0. The van der Waals surface area contributed by atoms with Crippen LogP contribution in [0.1, 0.15) is 28.3 Å². The molecule has 6 nitrogen and oxygen atoms in total. The minimum Gasteiger partial charge on any atom is -0.508 e. The number of phenols is 1. The topological polar surface area (TPSA) is 90.5 Å². The standard InChI is InChI=1S/C26H22N2O4S2/c1-11-2-6-13(7-3-11)28-24(30)19-15-10-16(20(19)25(28)31)21-18(15)17(12-4-8-14(29)9-5-12)22-23(33-21)27-26(32)34-22/h2-9,15-21,29H,10H2,1H3,(H,27,32)/t15-,16-,17-,18-,19-,20+,21-/m1/s1. The molecule has 1 aromatic heterocycles. The number of aromatic hydroxyl groups is 1. The molecule has 172 valence electrons. The first-order chi connectivity index (χ1) is 16.4. The number of benzene rings is 2. The molecule has 3 fully saturated rings. The first-order valence-corrected chi connectivity index (χ1v) is 13.2. The number of amides is 2. The van der Waals surface area contributed by atoms with E-state index in [9.17, 15) is 19.5 Å². The second-order valence-electron chi connectivity index (χ2n) is 9.90. The molecule has 3 aromatic rings. The summed E-state index contributed by atoms with van der Waals surface area (Å²) in [6.45, 7) is 1.99. The third-order valence-electron chi connectivity index (χ3n) is 8.27. The van der Waals surface area contributed by atoms with Gasteiger partial charge < -0.3 is 10.1 Å². The molecule has 2 amide bonds. The van der Waals surface area contributed by atoms with Gasteiger partial charge >= 0.3 is 4.87 Å². The molecular weight excluding hydrogens is 468 g/mol. The summed E-state index contributed by atoms with van der Waals surface area (Å²) in [5, 5.41) is 10.9. The van der Waals surface area contributed by atoms with Crippen LogP contribution in [0.2, 0.25) is 0 Å². The molecule has 3 heterocycles. The van der Waals surface area contributed by atoms with Crippen LogP contribution >= 0.6 is 23.1 Å². The Balaban J connectivity index is 1.32. The van der Waals surface area contributed by atoms with Gasteiger partial charge in [0, 0.05) is 16.0 Å². The molecule has 2 aromatic carbocycles. The average Bonchev–Trinajstić information content (AvgIpc) is 3.54. The lowest BCUT2D eigenvalue weighted by Gasteiger charge is -2.43. The number of aromatic amines is 1. The number of nitrogens with zero attached hydrogens (tertiary/aromatic N) is 1. The third kappa shape index (κ3) is 2.66. The van der Waals surface area contributed by atoms with Crippen molar-refractivity contribution in [3.05, 3.63) is 74.2 Å². The van der Waals surface area contributed by atoms with Gasteiger partial charge in [-0.05, 0) is 60.9 Å². The van der Waals surface area contributed by atoms with Crippen LogP contribution in [0.3, 0.4) is 0 Å². The van der Waals surface area contributed by atoms with Crippen LogP contribution in [0.25, 0.3) is 0 Å². The number of thiazole rings is 1. The van der Waals surface area contributed by atoms with Crippen LogP contribution in [-0.4, -0.2) is 27.2 Å². The lowest BCUT2D eigenvalue weighted by atomic mass is 9.68. The molecule has 34 heavy (non-hydrogen) atoms. The van der Waals surface area contributed by atoms with Crippen molar-refractivity contribution in [3.8, 4) is 5.75 Å². The Morgan fingerprint density at radius 2 is 1.62 bits per heavy atom. The van der Waals surface area contributed by atoms with Gasteiger partial charge in [-0.2, -0.15) is 0 Å². The van der Waals surface area contributed by atoms with Crippen LogP contribution in [-0.2, 0) is 9.59 Å². The van der Waals surface area contributed by atoms with Crippen LogP contribution in [0.5, 0.6) is 5.75 Å². The molecule has 7 atom stereocenters. The molecule has 1 saturated heterocycles. The van der Waals surface area contributed by atoms with E-state index in [0.29, 0.717) is 5.69 Å². The van der Waals surface area contributed by atoms with Crippen molar-refractivity contribution < 1.29 is 14.7 Å². The number of carbonyl (C=O) groups is 2. The van der Waals surface area contributed by atoms with Gasteiger partial charge in [-0.15, -0.1) is 11.8 Å². The average molecular weight is 491 g/mol. The lowest BCUT2D eigenvalue weighted by Crippen LogP contribution is -2.42. The van der Waals surface area contributed by atoms with Gasteiger partial charge in [0.25, 0.3) is 0 Å². The first kappa shape index (κ1) is 20.5. The zero-order valence-corrected chi connectivity index (χ0v) is 19.9. The summed E-state index contributed by atoms with van der Waals surface area (Å²) >= 11 is 2.93. The highest BCUT2D eigenvalue weighted by molar-refractivity contribution is 8.00. The van der Waals surface area contributed by atoms with Gasteiger partial charge in [-0.1, -0.05) is 41.2 Å². The van der Waals surface area contributed by atoms with Gasteiger partial charge in [0.15, 0.2) is 0 Å². The van der Waals surface area contributed by atoms with Crippen molar-refractivity contribution in [1.82, 2.24) is 4.98 Å². The SMILES string of the molecule is Cc1ccc(N2C(=O)[C@@H]3[C@@H]4C[C@@H]([C@H]5Sc6[nH]c(=O)sc6[C@H](c6ccc(O)cc6)[C@@H]45)[C@@H]3C2=O)cc1. The highest BCUT2D eigenvalue weighted by atomic mass is 32.2. The molecule has 8 heteroatoms. The zero-order valence-electron chi connectivity index (χ0n) is 18.3. The van der Waals surface area contributed by atoms with Crippen LogP contribution in [0.15, 0.2) is 58.4 Å². The molecule has 0 unspecified atom stereocenters. The number of hydrogen-bond acceptors (Lipinski definition) is 6. The summed E-state index contributed by atoms with van der Waals surface area (Å²) < 4.78 is 0. The molecule has 2 bridgehead atoms. The number of hydrogen-bond donors (Lipinski definition) is 2. The van der Waals surface area contributed by atoms with E-state index >= 15 is 0 Å². The number of rotatable bonds is 2. The Kier molecular flexibility index (Phi) is 4.28. The monoisotopic (exact) mass is 490 g/mol. The number of aromatic nitrogens is 1. The van der Waals surface area contributed by atoms with Crippen LogP contribution < -0.4 is 9.77 Å². The van der Waals surface area contributed by atoms with Crippen molar-refractivity contribution in [3.63, 3.8) is 0 Å². The number of aryl methyl sites for hydroxylation is 1. The van der Waals surface area contributed by atoms with Crippen LogP contribution in [0.4, 0.5) is 5.69 Å². The number of imide groups is 1. The zero-order chi connectivity index (χ0) is 23.3. The molecule has 2 aliphatic heterocycles. The Morgan fingerprint density at radius 1 is 0.941 bits per heavy atom. The fourth-order valence-electron chi connectivity index (χ4n) is 7.02. The molecule has 0 spiro atoms. The maximum Gasteiger partial charge on any atom is 0.305 e. The maximum atomic E-state index is 13.7. The van der Waals surface area contributed by atoms with Crippen molar-refractivity contribution in [2.75, 3.05) is 4.90 Å². The second-order valence-corrected chi connectivity index (χ2v) is 12.1. The van der Waals surface area contributed by atoms with Crippen LogP contribution in [0, 0.1) is 36.5 Å². The Labute approximate surface area is 204 Å². The smallest absolute Gasteiger partial charge is 0.305 e. The lowest BCUT2D eigenvalue weighted by molar-refractivity contribution is -0.123. The van der Waals surface area contributed by atoms with E-state index in [1.807, 2.05) is 43.3 Å². The fourth-order valence-corrected chi connectivity index (χ4v) is 9.91. The molecule has 7 rings (SSSR count). The Bertz CT molecular complexity index is 1390. The molecule has 2 saturated carbocycles. The number of phenolic OH excluding ortho intramolecular Hbond substituents is 1. The molecule has 4 aliphatic rings. The molecule has 2 N–H and O–H groups in total. The largest absolute Gasteiger partial charge is 0.508 e. The van der Waals surface area contributed by atoms with Gasteiger partial charge in [0.2, 0.25) is 11.8 Å². The van der Waals surface area contributed by atoms with E-state index in [1.165, 1.54) is 16.2 Å². The summed E-state index contributed by atoms with van der Waals surface area (Å²) in [5.74, 6) is -0.226. The number of nitrogens with one attached hydrogen (secondary N) is 1. The van der Waals surface area contributed by atoms with Gasteiger partial charge in [-0.25, -0.2) is 0 Å². The normalized spacial score (nSPS) is 33.2. The Hall–Kier alpha value is -2.84. The highest BCUT2D eigenvalue weighted by Crippen LogP contribution is 2.68. The number of H-pyrrole nitrogens is 1. The number of anilines is 1. The quantitative estimate of drug-likeness (QED) is 0.527. The minimum atomic E-state index is -0.308. The highest BCUT2D eigenvalue weighted by Gasteiger charge is 2.69. The Morgan fingerprint density at radius 3 is 2.32 bits per heavy atom. The van der Waals surface area contributed by atoms with E-state index in [-0.39, 0.29) is 63.2 Å². The van der Waals surface area contributed by atoms with Crippen molar-refractivity contribution in [2.24, 2.45) is 29.6 Å². The minimum absolute atomic E-state index is 0.0296. The third-order valence-corrected chi connectivity index (χ3v) is 10.9. The van der Waals surface area contributed by atoms with Gasteiger partial charge in [0.1, 0.15) is 5.75 Å². The van der Waals surface area contributed by atoms with E-state index in [4.69, 9.17) is 0 Å². The van der Waals surface area contributed by atoms with Crippen molar-refractivity contribution in [1.29, 1.82) is 0 Å². The number of fused-ring (bicyclic) bond motifs is 9. The number of carbonyl (C=O) groups excluding carboxylic acids is 2. The molecule has 0 radical (unpaired) electrons. The number of thioether (sulfide) groups is 1. The second kappa shape index (κ2) is 7.09.